The molecule has 21 heavy (non-hydrogen) atoms. The summed E-state index contributed by atoms with van der Waals surface area (Å²) < 4.78 is 0. The van der Waals surface area contributed by atoms with Gasteiger partial charge in [-0.2, -0.15) is 0 Å². The predicted octanol–water partition coefficient (Wildman–Crippen LogP) is 2.21. The van der Waals surface area contributed by atoms with Gasteiger partial charge in [-0.1, -0.05) is 30.7 Å². The first kappa shape index (κ1) is 14.0. The summed E-state index contributed by atoms with van der Waals surface area (Å²) >= 11 is 0. The van der Waals surface area contributed by atoms with Crippen LogP contribution in [0.4, 0.5) is 0 Å². The highest BCUT2D eigenvalue weighted by Gasteiger charge is 2.51. The molecule has 0 radical (unpaired) electrons. The number of carbonyl (C=O) groups excluding carboxylic acids is 3. The molecule has 1 saturated heterocycles. The molecule has 0 aromatic heterocycles. The summed E-state index contributed by atoms with van der Waals surface area (Å²) in [6.45, 7) is 3.86. The highest BCUT2D eigenvalue weighted by molar-refractivity contribution is 6.10. The van der Waals surface area contributed by atoms with E-state index in [1.807, 2.05) is 19.1 Å². The van der Waals surface area contributed by atoms with Crippen LogP contribution in [0.1, 0.15) is 35.7 Å². The number of benzene rings is 1. The van der Waals surface area contributed by atoms with Crippen LogP contribution in [0.5, 0.6) is 0 Å². The zero-order valence-corrected chi connectivity index (χ0v) is 12.3. The van der Waals surface area contributed by atoms with E-state index in [4.69, 9.17) is 0 Å². The summed E-state index contributed by atoms with van der Waals surface area (Å²) in [6.07, 6.45) is 1.54. The molecule has 110 valence electrons. The van der Waals surface area contributed by atoms with Crippen LogP contribution in [0.25, 0.3) is 0 Å². The summed E-state index contributed by atoms with van der Waals surface area (Å²) in [5.74, 6) is -0.461. The lowest BCUT2D eigenvalue weighted by Crippen LogP contribution is -2.36. The standard InChI is InChI=1S/C17H19NO3/c1-10-4-3-5-12(6-10)15(19)9-18-16(20)13-7-11(2)8-14(13)17(18)21/h3-6,11,13-14H,7-9H2,1-2H3. The Hall–Kier alpha value is -1.97. The Kier molecular flexibility index (Phi) is 3.40. The van der Waals surface area contributed by atoms with Gasteiger partial charge in [0.05, 0.1) is 18.4 Å². The first-order valence-corrected chi connectivity index (χ1v) is 7.42. The van der Waals surface area contributed by atoms with Gasteiger partial charge in [0.1, 0.15) is 0 Å². The normalized spacial score (nSPS) is 28.1. The number of hydrogen-bond donors (Lipinski definition) is 0. The van der Waals surface area contributed by atoms with Crippen molar-refractivity contribution in [3.63, 3.8) is 0 Å². The number of Topliss-reactive ketones (excluding diaryl/α,β-unsaturated/α-hetero) is 1. The van der Waals surface area contributed by atoms with Gasteiger partial charge in [0.15, 0.2) is 5.78 Å². The number of amides is 2. The van der Waals surface area contributed by atoms with Crippen molar-refractivity contribution < 1.29 is 14.4 Å². The number of fused-ring (bicyclic) bond motifs is 1. The third-order valence-electron chi connectivity index (χ3n) is 4.61. The number of hydrogen-bond acceptors (Lipinski definition) is 3. The molecule has 1 aromatic rings. The molecule has 4 nitrogen and oxygen atoms in total. The fourth-order valence-corrected chi connectivity index (χ4v) is 3.56. The highest BCUT2D eigenvalue weighted by atomic mass is 16.2. The van der Waals surface area contributed by atoms with Crippen LogP contribution in [0.15, 0.2) is 24.3 Å². The molecule has 2 unspecified atom stereocenters. The predicted molar refractivity (Wildman–Crippen MR) is 77.6 cm³/mol. The van der Waals surface area contributed by atoms with E-state index >= 15 is 0 Å². The number of likely N-dealkylation sites (tertiary alicyclic amines) is 1. The van der Waals surface area contributed by atoms with E-state index in [-0.39, 0.29) is 36.0 Å². The van der Waals surface area contributed by atoms with Gasteiger partial charge in [-0.15, -0.1) is 0 Å². The number of carbonyl (C=O) groups is 3. The molecule has 1 aliphatic heterocycles. The van der Waals surface area contributed by atoms with Crippen LogP contribution < -0.4 is 0 Å². The monoisotopic (exact) mass is 285 g/mol. The van der Waals surface area contributed by atoms with Crippen LogP contribution in [0.3, 0.4) is 0 Å². The molecule has 3 rings (SSSR count). The highest BCUT2D eigenvalue weighted by Crippen LogP contribution is 2.42. The van der Waals surface area contributed by atoms with E-state index in [0.717, 1.165) is 18.4 Å². The first-order valence-electron chi connectivity index (χ1n) is 7.42. The van der Waals surface area contributed by atoms with Gasteiger partial charge in [-0.3, -0.25) is 19.3 Å². The van der Waals surface area contributed by atoms with Crippen LogP contribution in [-0.4, -0.2) is 29.0 Å². The molecule has 0 spiro atoms. The maximum absolute atomic E-state index is 12.3. The second-order valence-electron chi connectivity index (χ2n) is 6.34. The van der Waals surface area contributed by atoms with E-state index in [9.17, 15) is 14.4 Å². The quantitative estimate of drug-likeness (QED) is 0.632. The van der Waals surface area contributed by atoms with Gasteiger partial charge < -0.3 is 0 Å². The first-order chi connectivity index (χ1) is 9.97. The molecule has 2 atom stereocenters. The van der Waals surface area contributed by atoms with E-state index < -0.39 is 0 Å². The number of ketones is 1. The lowest BCUT2D eigenvalue weighted by Gasteiger charge is -2.16. The number of rotatable bonds is 3. The smallest absolute Gasteiger partial charge is 0.233 e. The van der Waals surface area contributed by atoms with Crippen molar-refractivity contribution in [2.24, 2.45) is 17.8 Å². The number of aryl methyl sites for hydroxylation is 1. The van der Waals surface area contributed by atoms with Gasteiger partial charge in [-0.05, 0) is 31.7 Å². The van der Waals surface area contributed by atoms with E-state index in [2.05, 4.69) is 6.92 Å². The minimum Gasteiger partial charge on any atom is -0.292 e. The Labute approximate surface area is 124 Å². The average molecular weight is 285 g/mol. The van der Waals surface area contributed by atoms with Crippen LogP contribution >= 0.6 is 0 Å². The van der Waals surface area contributed by atoms with Crippen LogP contribution in [-0.2, 0) is 9.59 Å². The number of nitrogens with zero attached hydrogens (tertiary/aromatic N) is 1. The maximum atomic E-state index is 12.3. The second kappa shape index (κ2) is 5.10. The van der Waals surface area contributed by atoms with E-state index in [1.54, 1.807) is 12.1 Å². The van der Waals surface area contributed by atoms with Crippen molar-refractivity contribution in [2.75, 3.05) is 6.54 Å². The average Bonchev–Trinajstić information content (AvgIpc) is 2.92. The Morgan fingerprint density at radius 1 is 1.19 bits per heavy atom. The SMILES string of the molecule is Cc1cccc(C(=O)CN2C(=O)C3CC(C)CC3C2=O)c1. The van der Waals surface area contributed by atoms with Crippen molar-refractivity contribution in [2.45, 2.75) is 26.7 Å². The molecule has 0 N–H and O–H groups in total. The Bertz CT molecular complexity index is 598. The fourth-order valence-electron chi connectivity index (χ4n) is 3.56. The van der Waals surface area contributed by atoms with Crippen molar-refractivity contribution in [1.29, 1.82) is 0 Å². The molecule has 1 aliphatic carbocycles. The van der Waals surface area contributed by atoms with E-state index in [1.165, 1.54) is 4.90 Å². The molecule has 1 saturated carbocycles. The van der Waals surface area contributed by atoms with Crippen LogP contribution in [0, 0.1) is 24.7 Å². The lowest BCUT2D eigenvalue weighted by molar-refractivity contribution is -0.139. The fraction of sp³-hybridized carbons (Fsp3) is 0.471. The van der Waals surface area contributed by atoms with Crippen LogP contribution in [0.2, 0.25) is 0 Å². The Morgan fingerprint density at radius 3 is 2.38 bits per heavy atom. The third kappa shape index (κ3) is 2.39. The molecule has 0 bridgehead atoms. The van der Waals surface area contributed by atoms with Crippen molar-refractivity contribution in [1.82, 2.24) is 4.90 Å². The zero-order valence-electron chi connectivity index (χ0n) is 12.3. The van der Waals surface area contributed by atoms with Gasteiger partial charge in [-0.25, -0.2) is 0 Å². The summed E-state index contributed by atoms with van der Waals surface area (Å²) in [4.78, 5) is 38.1. The largest absolute Gasteiger partial charge is 0.292 e. The van der Waals surface area contributed by atoms with Gasteiger partial charge >= 0.3 is 0 Å². The molecule has 2 aliphatic rings. The molecule has 1 aromatic carbocycles. The summed E-state index contributed by atoms with van der Waals surface area (Å²) in [5, 5.41) is 0. The molecule has 1 heterocycles. The van der Waals surface area contributed by atoms with Gasteiger partial charge in [0, 0.05) is 5.56 Å². The van der Waals surface area contributed by atoms with Crippen molar-refractivity contribution >= 4 is 17.6 Å². The van der Waals surface area contributed by atoms with E-state index in [0.29, 0.717) is 11.5 Å². The minimum atomic E-state index is -0.196. The molecule has 4 heteroatoms. The molecular formula is C17H19NO3. The summed E-state index contributed by atoms with van der Waals surface area (Å²) in [7, 11) is 0. The topological polar surface area (TPSA) is 54.5 Å². The Balaban J connectivity index is 1.75. The minimum absolute atomic E-state index is 0.123. The van der Waals surface area contributed by atoms with Gasteiger partial charge in [0.2, 0.25) is 11.8 Å². The van der Waals surface area contributed by atoms with Gasteiger partial charge in [0.25, 0.3) is 0 Å². The van der Waals surface area contributed by atoms with Crippen molar-refractivity contribution in [3.05, 3.63) is 35.4 Å². The maximum Gasteiger partial charge on any atom is 0.233 e. The second-order valence-corrected chi connectivity index (χ2v) is 6.34. The number of imide groups is 1. The molecule has 2 fully saturated rings. The summed E-state index contributed by atoms with van der Waals surface area (Å²) in [5.41, 5.74) is 1.55. The molecular weight excluding hydrogens is 266 g/mol. The Morgan fingerprint density at radius 2 is 1.81 bits per heavy atom. The summed E-state index contributed by atoms with van der Waals surface area (Å²) in [6, 6.07) is 7.24. The zero-order chi connectivity index (χ0) is 15.1. The molecule has 2 amide bonds. The lowest BCUT2D eigenvalue weighted by atomic mass is 10.00. The van der Waals surface area contributed by atoms with Crippen molar-refractivity contribution in [3.8, 4) is 0 Å². The third-order valence-corrected chi connectivity index (χ3v) is 4.61.